The van der Waals surface area contributed by atoms with Gasteiger partial charge in [-0.1, -0.05) is 36.9 Å². The Bertz CT molecular complexity index is 943. The Morgan fingerprint density at radius 3 is 2.71 bits per heavy atom. The third kappa shape index (κ3) is 2.92. The molecule has 0 radical (unpaired) electrons. The molecule has 3 aromatic rings. The molecule has 0 spiro atoms. The Morgan fingerprint density at radius 2 is 1.96 bits per heavy atom. The predicted molar refractivity (Wildman–Crippen MR) is 98.6 cm³/mol. The van der Waals surface area contributed by atoms with Gasteiger partial charge in [-0.05, 0) is 29.0 Å². The number of ether oxygens (including phenoxy) is 1. The summed E-state index contributed by atoms with van der Waals surface area (Å²) < 4.78 is 5.44. The number of aromatic nitrogens is 1. The number of guanidine groups is 1. The molecule has 0 aliphatic heterocycles. The molecule has 0 fully saturated rings. The molecule has 3 rings (SSSR count). The molecule has 24 heavy (non-hydrogen) atoms. The molecule has 120 valence electrons. The van der Waals surface area contributed by atoms with Gasteiger partial charge in [0.25, 0.3) is 0 Å². The van der Waals surface area contributed by atoms with Gasteiger partial charge in [-0.25, -0.2) is 4.99 Å². The lowest BCUT2D eigenvalue weighted by molar-refractivity contribution is 0.415. The molecule has 1 heterocycles. The highest BCUT2D eigenvalue weighted by molar-refractivity contribution is 5.99. The van der Waals surface area contributed by atoms with E-state index < -0.39 is 0 Å². The Labute approximate surface area is 140 Å². The van der Waals surface area contributed by atoms with Crippen molar-refractivity contribution >= 4 is 22.4 Å². The lowest BCUT2D eigenvalue weighted by Crippen LogP contribution is -2.22. The molecule has 2 aromatic carbocycles. The van der Waals surface area contributed by atoms with Crippen molar-refractivity contribution in [2.24, 2.45) is 16.5 Å². The van der Waals surface area contributed by atoms with Crippen molar-refractivity contribution < 1.29 is 4.74 Å². The second-order valence-electron chi connectivity index (χ2n) is 5.28. The fourth-order valence-corrected chi connectivity index (χ4v) is 2.64. The summed E-state index contributed by atoms with van der Waals surface area (Å²) in [5.41, 5.74) is 14.0. The van der Waals surface area contributed by atoms with E-state index in [1.54, 1.807) is 13.3 Å². The van der Waals surface area contributed by atoms with Crippen LogP contribution in [0.2, 0.25) is 0 Å². The van der Waals surface area contributed by atoms with Crippen LogP contribution in [-0.4, -0.2) is 18.1 Å². The quantitative estimate of drug-likeness (QED) is 0.571. The van der Waals surface area contributed by atoms with E-state index in [-0.39, 0.29) is 5.96 Å². The zero-order valence-corrected chi connectivity index (χ0v) is 13.4. The first-order valence-corrected chi connectivity index (χ1v) is 7.41. The van der Waals surface area contributed by atoms with E-state index in [0.29, 0.717) is 5.70 Å². The van der Waals surface area contributed by atoms with E-state index >= 15 is 0 Å². The normalized spacial score (nSPS) is 10.4. The van der Waals surface area contributed by atoms with Crippen LogP contribution in [0.15, 0.2) is 66.3 Å². The predicted octanol–water partition coefficient (Wildman–Crippen LogP) is 3.15. The molecule has 5 nitrogen and oxygen atoms in total. The summed E-state index contributed by atoms with van der Waals surface area (Å²) in [6, 6.07) is 15.8. The number of hydrogen-bond donors (Lipinski definition) is 2. The van der Waals surface area contributed by atoms with Gasteiger partial charge in [0, 0.05) is 17.3 Å². The van der Waals surface area contributed by atoms with Crippen LogP contribution in [0.3, 0.4) is 0 Å². The minimum Gasteiger partial charge on any atom is -0.494 e. The van der Waals surface area contributed by atoms with E-state index in [4.69, 9.17) is 16.2 Å². The second kappa shape index (κ2) is 6.42. The number of benzene rings is 2. The molecule has 0 aliphatic carbocycles. The van der Waals surface area contributed by atoms with Gasteiger partial charge in [-0.3, -0.25) is 4.98 Å². The van der Waals surface area contributed by atoms with E-state index in [1.807, 2.05) is 48.5 Å². The molecule has 0 unspecified atom stereocenters. The first kappa shape index (κ1) is 15.6. The van der Waals surface area contributed by atoms with E-state index in [1.165, 1.54) is 0 Å². The number of nitrogens with two attached hydrogens (primary N) is 2. The molecule has 4 N–H and O–H groups in total. The maximum Gasteiger partial charge on any atom is 0.191 e. The molecular weight excluding hydrogens is 300 g/mol. The molecule has 0 amide bonds. The third-order valence-corrected chi connectivity index (χ3v) is 3.73. The number of methoxy groups -OCH3 is 1. The van der Waals surface area contributed by atoms with Crippen molar-refractivity contribution in [1.82, 2.24) is 4.98 Å². The smallest absolute Gasteiger partial charge is 0.191 e. The summed E-state index contributed by atoms with van der Waals surface area (Å²) in [6.07, 6.45) is 1.75. The van der Waals surface area contributed by atoms with Crippen molar-refractivity contribution in [3.63, 3.8) is 0 Å². The standard InChI is InChI=1S/C19H18N4O/c1-12(23-19(20)21)14-9-8-13-5-3-6-15(16(13)11-14)18-17(24-2)7-4-10-22-18/h3-11H,1H2,2H3,(H4,20,21,23). The van der Waals surface area contributed by atoms with Gasteiger partial charge in [0.15, 0.2) is 5.96 Å². The molecule has 1 aromatic heterocycles. The molecular formula is C19H18N4O. The molecule has 0 saturated heterocycles. The van der Waals surface area contributed by atoms with Crippen LogP contribution in [0, 0.1) is 0 Å². The van der Waals surface area contributed by atoms with Crippen LogP contribution >= 0.6 is 0 Å². The molecule has 0 bridgehead atoms. The lowest BCUT2D eigenvalue weighted by Gasteiger charge is -2.11. The van der Waals surface area contributed by atoms with E-state index in [9.17, 15) is 0 Å². The van der Waals surface area contributed by atoms with Crippen molar-refractivity contribution in [3.05, 3.63) is 66.9 Å². The van der Waals surface area contributed by atoms with Gasteiger partial charge < -0.3 is 16.2 Å². The summed E-state index contributed by atoms with van der Waals surface area (Å²) in [6.45, 7) is 3.92. The topological polar surface area (TPSA) is 86.5 Å². The third-order valence-electron chi connectivity index (χ3n) is 3.73. The largest absolute Gasteiger partial charge is 0.494 e. The Kier molecular flexibility index (Phi) is 4.16. The summed E-state index contributed by atoms with van der Waals surface area (Å²) in [7, 11) is 1.64. The first-order valence-electron chi connectivity index (χ1n) is 7.41. The van der Waals surface area contributed by atoms with Crippen molar-refractivity contribution in [2.75, 3.05) is 7.11 Å². The van der Waals surface area contributed by atoms with Gasteiger partial charge in [-0.2, -0.15) is 0 Å². The van der Waals surface area contributed by atoms with Gasteiger partial charge >= 0.3 is 0 Å². The van der Waals surface area contributed by atoms with Crippen LogP contribution in [0.25, 0.3) is 27.7 Å². The highest BCUT2D eigenvalue weighted by Gasteiger charge is 2.11. The average molecular weight is 318 g/mol. The molecule has 5 heteroatoms. The van der Waals surface area contributed by atoms with Crippen molar-refractivity contribution in [2.45, 2.75) is 0 Å². The number of aliphatic imine (C=N–C) groups is 1. The summed E-state index contributed by atoms with van der Waals surface area (Å²) >= 11 is 0. The highest BCUT2D eigenvalue weighted by atomic mass is 16.5. The summed E-state index contributed by atoms with van der Waals surface area (Å²) in [4.78, 5) is 8.51. The Balaban J connectivity index is 2.22. The Hall–Kier alpha value is -3.34. The van der Waals surface area contributed by atoms with Crippen LogP contribution < -0.4 is 16.2 Å². The minimum absolute atomic E-state index is 0.0141. The van der Waals surface area contributed by atoms with Gasteiger partial charge in [0.1, 0.15) is 11.4 Å². The first-order chi connectivity index (χ1) is 11.6. The maximum atomic E-state index is 5.44. The van der Waals surface area contributed by atoms with Crippen molar-refractivity contribution in [3.8, 4) is 17.0 Å². The summed E-state index contributed by atoms with van der Waals surface area (Å²) in [5.74, 6) is 0.707. The average Bonchev–Trinajstić information content (AvgIpc) is 2.60. The number of pyridine rings is 1. The van der Waals surface area contributed by atoms with E-state index in [2.05, 4.69) is 16.6 Å². The second-order valence-corrected chi connectivity index (χ2v) is 5.28. The zero-order valence-electron chi connectivity index (χ0n) is 13.4. The maximum absolute atomic E-state index is 5.44. The van der Waals surface area contributed by atoms with E-state index in [0.717, 1.165) is 33.3 Å². The van der Waals surface area contributed by atoms with Crippen LogP contribution in [0.5, 0.6) is 5.75 Å². The van der Waals surface area contributed by atoms with Crippen molar-refractivity contribution in [1.29, 1.82) is 0 Å². The molecule has 0 aliphatic rings. The van der Waals surface area contributed by atoms with Crippen LogP contribution in [-0.2, 0) is 0 Å². The number of hydrogen-bond acceptors (Lipinski definition) is 3. The number of fused-ring (bicyclic) bond motifs is 1. The SMILES string of the molecule is C=C(N=C(N)N)c1ccc2cccc(-c3ncccc3OC)c2c1. The summed E-state index contributed by atoms with van der Waals surface area (Å²) in [5, 5.41) is 2.11. The lowest BCUT2D eigenvalue weighted by atomic mass is 9.98. The monoisotopic (exact) mass is 318 g/mol. The number of rotatable bonds is 4. The fourth-order valence-electron chi connectivity index (χ4n) is 2.64. The zero-order chi connectivity index (χ0) is 17.1. The Morgan fingerprint density at radius 1 is 1.12 bits per heavy atom. The van der Waals surface area contributed by atoms with Gasteiger partial charge in [0.05, 0.1) is 12.8 Å². The fraction of sp³-hybridized carbons (Fsp3) is 0.0526. The van der Waals surface area contributed by atoms with Crippen LogP contribution in [0.4, 0.5) is 0 Å². The van der Waals surface area contributed by atoms with Gasteiger partial charge in [0.2, 0.25) is 0 Å². The molecule has 0 atom stereocenters. The van der Waals surface area contributed by atoms with Crippen LogP contribution in [0.1, 0.15) is 5.56 Å². The number of nitrogens with zero attached hydrogens (tertiary/aromatic N) is 2. The molecule has 0 saturated carbocycles. The van der Waals surface area contributed by atoms with Gasteiger partial charge in [-0.15, -0.1) is 0 Å². The highest BCUT2D eigenvalue weighted by Crippen LogP contribution is 2.34. The minimum atomic E-state index is -0.0141.